The fraction of sp³-hybridized carbons (Fsp3) is 0.200. The van der Waals surface area contributed by atoms with E-state index in [0.29, 0.717) is 11.1 Å². The van der Waals surface area contributed by atoms with E-state index in [1.165, 1.54) is 12.1 Å². The van der Waals surface area contributed by atoms with Gasteiger partial charge in [-0.15, -0.1) is 0 Å². The van der Waals surface area contributed by atoms with E-state index in [0.717, 1.165) is 0 Å². The Labute approximate surface area is 154 Å². The second kappa shape index (κ2) is 7.41. The highest BCUT2D eigenvalue weighted by Gasteiger charge is 2.50. The molecule has 0 unspecified atom stereocenters. The van der Waals surface area contributed by atoms with Gasteiger partial charge in [0.25, 0.3) is 0 Å². The van der Waals surface area contributed by atoms with Crippen molar-refractivity contribution in [2.75, 3.05) is 0 Å². The topological polar surface area (TPSA) is 96.0 Å². The first-order chi connectivity index (χ1) is 12.9. The van der Waals surface area contributed by atoms with E-state index in [1.807, 2.05) is 0 Å². The van der Waals surface area contributed by atoms with Gasteiger partial charge < -0.3 is 14.2 Å². The molecule has 0 aromatic heterocycles. The van der Waals surface area contributed by atoms with Gasteiger partial charge in [-0.1, -0.05) is 36.4 Å². The summed E-state index contributed by atoms with van der Waals surface area (Å²) in [7, 11) is 0. The maximum absolute atomic E-state index is 12.3. The van der Waals surface area contributed by atoms with Gasteiger partial charge in [-0.25, -0.2) is 19.2 Å². The van der Waals surface area contributed by atoms with Gasteiger partial charge in [-0.2, -0.15) is 0 Å². The summed E-state index contributed by atoms with van der Waals surface area (Å²) in [4.78, 5) is 48.5. The van der Waals surface area contributed by atoms with E-state index >= 15 is 0 Å². The molecule has 2 aromatic carbocycles. The Morgan fingerprint density at radius 1 is 0.741 bits per heavy atom. The Balaban J connectivity index is 1.79. The lowest BCUT2D eigenvalue weighted by Gasteiger charge is -2.16. The molecule has 0 aliphatic carbocycles. The third-order valence-electron chi connectivity index (χ3n) is 4.14. The van der Waals surface area contributed by atoms with Crippen LogP contribution in [0.15, 0.2) is 48.5 Å². The summed E-state index contributed by atoms with van der Waals surface area (Å²) in [6.07, 6.45) is -3.31. The average molecular weight is 368 g/mol. The van der Waals surface area contributed by atoms with Crippen LogP contribution in [-0.2, 0) is 23.8 Å². The largest absolute Gasteiger partial charge is 0.442 e. The minimum absolute atomic E-state index is 0.230. The van der Waals surface area contributed by atoms with Crippen LogP contribution in [0.2, 0.25) is 0 Å². The highest BCUT2D eigenvalue weighted by atomic mass is 16.7. The lowest BCUT2D eigenvalue weighted by Crippen LogP contribution is -2.38. The number of cyclic esters (lactones) is 2. The van der Waals surface area contributed by atoms with E-state index in [9.17, 15) is 19.2 Å². The molecule has 1 heterocycles. The van der Waals surface area contributed by atoms with Crippen molar-refractivity contribution in [1.29, 1.82) is 0 Å². The van der Waals surface area contributed by atoms with Crippen LogP contribution in [0, 0.1) is 13.8 Å². The van der Waals surface area contributed by atoms with E-state index in [1.54, 1.807) is 50.2 Å². The standard InChI is InChI=1S/C20H16O7/c1-11-7-3-5-9-13(11)17(21)25-15-16(20(24)27-19(15)23)26-18(22)14-10-6-4-8-12(14)2/h3-10,15-16H,1-2H3/t15-,16+. The number of benzene rings is 2. The van der Waals surface area contributed by atoms with Crippen molar-refractivity contribution >= 4 is 23.9 Å². The van der Waals surface area contributed by atoms with Gasteiger partial charge >= 0.3 is 23.9 Å². The number of aryl methyl sites for hydroxylation is 2. The van der Waals surface area contributed by atoms with Gasteiger partial charge in [-0.3, -0.25) is 0 Å². The summed E-state index contributed by atoms with van der Waals surface area (Å²) in [5, 5.41) is 0. The zero-order valence-electron chi connectivity index (χ0n) is 14.6. The predicted molar refractivity (Wildman–Crippen MR) is 91.9 cm³/mol. The monoisotopic (exact) mass is 368 g/mol. The molecule has 138 valence electrons. The summed E-state index contributed by atoms with van der Waals surface area (Å²) in [6.45, 7) is 3.40. The van der Waals surface area contributed by atoms with Crippen LogP contribution in [-0.4, -0.2) is 36.1 Å². The van der Waals surface area contributed by atoms with E-state index < -0.39 is 36.1 Å². The maximum atomic E-state index is 12.3. The van der Waals surface area contributed by atoms with Crippen molar-refractivity contribution in [3.8, 4) is 0 Å². The Kier molecular flexibility index (Phi) is 5.03. The maximum Gasteiger partial charge on any atom is 0.359 e. The van der Waals surface area contributed by atoms with Crippen LogP contribution in [0.3, 0.4) is 0 Å². The van der Waals surface area contributed by atoms with Crippen LogP contribution >= 0.6 is 0 Å². The van der Waals surface area contributed by atoms with Crippen LogP contribution in [0.5, 0.6) is 0 Å². The van der Waals surface area contributed by atoms with Crippen molar-refractivity contribution in [2.24, 2.45) is 0 Å². The molecule has 1 fully saturated rings. The van der Waals surface area contributed by atoms with Crippen molar-refractivity contribution in [1.82, 2.24) is 0 Å². The normalized spacial score (nSPS) is 18.7. The molecular formula is C20H16O7. The molecule has 0 bridgehead atoms. The highest BCUT2D eigenvalue weighted by molar-refractivity contribution is 6.03. The van der Waals surface area contributed by atoms with Gasteiger partial charge in [0.2, 0.25) is 12.2 Å². The SMILES string of the molecule is Cc1ccccc1C(=O)O[C@@H]1C(=O)OC(=O)[C@@H]1OC(=O)c1ccccc1C. The molecule has 2 atom stereocenters. The fourth-order valence-electron chi connectivity index (χ4n) is 2.64. The lowest BCUT2D eigenvalue weighted by molar-refractivity contribution is -0.155. The van der Waals surface area contributed by atoms with E-state index in [-0.39, 0.29) is 11.1 Å². The quantitative estimate of drug-likeness (QED) is 0.463. The highest BCUT2D eigenvalue weighted by Crippen LogP contribution is 2.21. The molecule has 27 heavy (non-hydrogen) atoms. The predicted octanol–water partition coefficient (Wildman–Crippen LogP) is 2.14. The van der Waals surface area contributed by atoms with Gasteiger partial charge in [-0.05, 0) is 37.1 Å². The smallest absolute Gasteiger partial charge is 0.359 e. The molecule has 1 aliphatic heterocycles. The van der Waals surface area contributed by atoms with E-state index in [2.05, 4.69) is 4.74 Å². The van der Waals surface area contributed by atoms with Crippen LogP contribution < -0.4 is 0 Å². The molecular weight excluding hydrogens is 352 g/mol. The summed E-state index contributed by atoms with van der Waals surface area (Å²) in [5.74, 6) is -3.79. The molecule has 0 N–H and O–H groups in total. The van der Waals surface area contributed by atoms with Crippen LogP contribution in [0.4, 0.5) is 0 Å². The summed E-state index contributed by atoms with van der Waals surface area (Å²) >= 11 is 0. The first-order valence-corrected chi connectivity index (χ1v) is 8.17. The summed E-state index contributed by atoms with van der Waals surface area (Å²) < 4.78 is 14.7. The molecule has 0 amide bonds. The van der Waals surface area contributed by atoms with Gasteiger partial charge in [0.05, 0.1) is 11.1 Å². The Bertz CT molecular complexity index is 856. The zero-order valence-corrected chi connectivity index (χ0v) is 14.6. The molecule has 2 aromatic rings. The molecule has 0 saturated carbocycles. The van der Waals surface area contributed by atoms with Crippen LogP contribution in [0.25, 0.3) is 0 Å². The van der Waals surface area contributed by atoms with Crippen LogP contribution in [0.1, 0.15) is 31.8 Å². The third kappa shape index (κ3) is 3.72. The number of hydrogen-bond acceptors (Lipinski definition) is 7. The number of hydrogen-bond donors (Lipinski definition) is 0. The van der Waals surface area contributed by atoms with E-state index in [4.69, 9.17) is 9.47 Å². The molecule has 0 radical (unpaired) electrons. The van der Waals surface area contributed by atoms with Crippen molar-refractivity contribution in [2.45, 2.75) is 26.1 Å². The molecule has 7 nitrogen and oxygen atoms in total. The first kappa shape index (κ1) is 18.3. The van der Waals surface area contributed by atoms with Crippen molar-refractivity contribution < 1.29 is 33.4 Å². The van der Waals surface area contributed by atoms with Gasteiger partial charge in [0, 0.05) is 0 Å². The Hall–Kier alpha value is -3.48. The molecule has 0 spiro atoms. The lowest BCUT2D eigenvalue weighted by atomic mass is 10.1. The fourth-order valence-corrected chi connectivity index (χ4v) is 2.64. The minimum atomic E-state index is -1.66. The number of esters is 4. The average Bonchev–Trinajstić information content (AvgIpc) is 2.89. The minimum Gasteiger partial charge on any atom is -0.442 e. The molecule has 1 aliphatic rings. The Morgan fingerprint density at radius 2 is 1.11 bits per heavy atom. The van der Waals surface area contributed by atoms with Gasteiger partial charge in [0.1, 0.15) is 0 Å². The van der Waals surface area contributed by atoms with Crippen molar-refractivity contribution in [3.05, 3.63) is 70.8 Å². The second-order valence-electron chi connectivity index (χ2n) is 6.02. The second-order valence-corrected chi connectivity index (χ2v) is 6.02. The number of carbonyl (C=O) groups is 4. The summed E-state index contributed by atoms with van der Waals surface area (Å²) in [5.41, 5.74) is 1.73. The van der Waals surface area contributed by atoms with Crippen molar-refractivity contribution in [3.63, 3.8) is 0 Å². The number of ether oxygens (including phenoxy) is 3. The summed E-state index contributed by atoms with van der Waals surface area (Å²) in [6, 6.07) is 13.2. The third-order valence-corrected chi connectivity index (χ3v) is 4.14. The number of carbonyl (C=O) groups excluding carboxylic acids is 4. The molecule has 7 heteroatoms. The zero-order chi connectivity index (χ0) is 19.6. The number of rotatable bonds is 4. The Morgan fingerprint density at radius 3 is 1.48 bits per heavy atom. The van der Waals surface area contributed by atoms with Gasteiger partial charge in [0.15, 0.2) is 0 Å². The first-order valence-electron chi connectivity index (χ1n) is 8.17. The molecule has 1 saturated heterocycles. The molecule has 3 rings (SSSR count).